The zero-order valence-electron chi connectivity index (χ0n) is 21.4. The van der Waals surface area contributed by atoms with Crippen LogP contribution in [0, 0.1) is 17.8 Å². The first-order chi connectivity index (χ1) is 19.0. The standard InChI is InChI=1S/C29H25N5O3.CH3F/c30-33-28(35)24-16-27(32-26-13-14-31-17-25(24)26)21-9-5-19(6-10-21)3-4-20-7-11-23(12-8-20)34-15-1-2-22(18-34)29(36)37;1-2/h5-14,16-17,22H,1-2,15,18,30H2,(H,33,35)(H,36,37);1H3. The molecular weight excluding hydrogens is 497 g/mol. The molecule has 3 heterocycles. The summed E-state index contributed by atoms with van der Waals surface area (Å²) in [6.07, 6.45) is 4.84. The zero-order valence-corrected chi connectivity index (χ0v) is 21.4. The Kier molecular flexibility index (Phi) is 8.82. The van der Waals surface area contributed by atoms with Crippen LogP contribution in [-0.4, -0.2) is 47.2 Å². The number of nitrogen functional groups attached to an aromatic ring is 1. The molecule has 5 rings (SSSR count). The number of anilines is 1. The molecule has 9 heteroatoms. The lowest BCUT2D eigenvalue weighted by molar-refractivity contribution is -0.141. The Morgan fingerprint density at radius 1 is 1.05 bits per heavy atom. The number of amides is 1. The largest absolute Gasteiger partial charge is 0.481 e. The van der Waals surface area contributed by atoms with Crippen LogP contribution in [0.1, 0.15) is 34.3 Å². The molecule has 1 atom stereocenters. The van der Waals surface area contributed by atoms with Gasteiger partial charge < -0.3 is 10.0 Å². The maximum Gasteiger partial charge on any atom is 0.308 e. The second-order valence-corrected chi connectivity index (χ2v) is 8.92. The van der Waals surface area contributed by atoms with Crippen LogP contribution in [0.4, 0.5) is 10.1 Å². The summed E-state index contributed by atoms with van der Waals surface area (Å²) in [6.45, 7) is 1.40. The lowest BCUT2D eigenvalue weighted by Gasteiger charge is -2.32. The van der Waals surface area contributed by atoms with E-state index in [0.717, 1.165) is 41.8 Å². The Balaban J connectivity index is 0.00000172. The number of nitrogens with zero attached hydrogens (tertiary/aromatic N) is 3. The summed E-state index contributed by atoms with van der Waals surface area (Å²) in [4.78, 5) is 34.5. The van der Waals surface area contributed by atoms with Gasteiger partial charge in [0.25, 0.3) is 5.91 Å². The molecule has 1 aliphatic heterocycles. The number of hydrazine groups is 1. The summed E-state index contributed by atoms with van der Waals surface area (Å²) in [6, 6.07) is 19.0. The van der Waals surface area contributed by atoms with Gasteiger partial charge in [-0.2, -0.15) is 0 Å². The zero-order chi connectivity index (χ0) is 27.8. The average Bonchev–Trinajstić information content (AvgIpc) is 3.00. The summed E-state index contributed by atoms with van der Waals surface area (Å²) in [5.41, 5.74) is 7.48. The van der Waals surface area contributed by atoms with E-state index in [1.54, 1.807) is 24.5 Å². The molecule has 0 saturated carbocycles. The number of nitrogens with two attached hydrogens (primary N) is 1. The fraction of sp³-hybridized carbons (Fsp3) is 0.200. The normalized spacial score (nSPS) is 14.4. The van der Waals surface area contributed by atoms with Gasteiger partial charge in [-0.25, -0.2) is 10.8 Å². The number of fused-ring (bicyclic) bond motifs is 1. The molecule has 0 spiro atoms. The number of rotatable bonds is 4. The number of alkyl halides is 1. The van der Waals surface area contributed by atoms with E-state index in [1.807, 2.05) is 48.5 Å². The number of aromatic nitrogens is 2. The minimum atomic E-state index is -0.728. The second-order valence-electron chi connectivity index (χ2n) is 8.92. The monoisotopic (exact) mass is 525 g/mol. The highest BCUT2D eigenvalue weighted by molar-refractivity contribution is 6.06. The van der Waals surface area contributed by atoms with Crippen LogP contribution in [-0.2, 0) is 4.79 Å². The van der Waals surface area contributed by atoms with Gasteiger partial charge in [0.1, 0.15) is 0 Å². The number of carbonyl (C=O) groups excluding carboxylic acids is 1. The number of hydrogen-bond donors (Lipinski definition) is 3. The maximum absolute atomic E-state index is 12.3. The number of piperidine rings is 1. The molecule has 198 valence electrons. The van der Waals surface area contributed by atoms with Crippen molar-refractivity contribution in [2.24, 2.45) is 11.8 Å². The van der Waals surface area contributed by atoms with Crippen LogP contribution < -0.4 is 16.2 Å². The molecule has 0 bridgehead atoms. The van der Waals surface area contributed by atoms with Gasteiger partial charge in [-0.05, 0) is 61.4 Å². The number of carbonyl (C=O) groups is 2. The van der Waals surface area contributed by atoms with Crippen LogP contribution in [0.15, 0.2) is 73.1 Å². The number of hydrogen-bond acceptors (Lipinski definition) is 6. The van der Waals surface area contributed by atoms with Crippen molar-refractivity contribution in [1.29, 1.82) is 0 Å². The molecule has 2 aromatic heterocycles. The summed E-state index contributed by atoms with van der Waals surface area (Å²) in [5, 5.41) is 9.95. The SMILES string of the molecule is CF.NNC(=O)c1cc(-c2ccc(C#Cc3ccc(N4CCCC(C(=O)O)C4)cc3)cc2)nc2ccncc12. The van der Waals surface area contributed by atoms with Crippen LogP contribution in [0.2, 0.25) is 0 Å². The Morgan fingerprint density at radius 2 is 1.72 bits per heavy atom. The number of pyridine rings is 2. The number of nitrogens with one attached hydrogen (secondary N) is 1. The summed E-state index contributed by atoms with van der Waals surface area (Å²) in [7, 11) is 0.500. The van der Waals surface area contributed by atoms with Crippen LogP contribution in [0.3, 0.4) is 0 Å². The number of aliphatic carboxylic acids is 1. The molecule has 2 aromatic carbocycles. The third-order valence-electron chi connectivity index (χ3n) is 6.52. The lowest BCUT2D eigenvalue weighted by atomic mass is 9.97. The minimum Gasteiger partial charge on any atom is -0.481 e. The van der Waals surface area contributed by atoms with E-state index in [4.69, 9.17) is 5.84 Å². The van der Waals surface area contributed by atoms with Crippen molar-refractivity contribution in [1.82, 2.24) is 15.4 Å². The van der Waals surface area contributed by atoms with E-state index in [2.05, 4.69) is 32.1 Å². The predicted octanol–water partition coefficient (Wildman–Crippen LogP) is 4.19. The third kappa shape index (κ3) is 6.37. The van der Waals surface area contributed by atoms with Crippen LogP contribution in [0.25, 0.3) is 22.2 Å². The second kappa shape index (κ2) is 12.6. The number of carboxylic acid groups (broad SMARTS) is 1. The molecule has 0 aliphatic carbocycles. The van der Waals surface area contributed by atoms with Gasteiger partial charge in [0.05, 0.1) is 29.9 Å². The summed E-state index contributed by atoms with van der Waals surface area (Å²) in [5.74, 6) is 10.3. The fourth-order valence-electron chi connectivity index (χ4n) is 4.52. The van der Waals surface area contributed by atoms with Gasteiger partial charge in [0.2, 0.25) is 0 Å². The smallest absolute Gasteiger partial charge is 0.308 e. The van der Waals surface area contributed by atoms with Crippen LogP contribution in [0.5, 0.6) is 0 Å². The lowest BCUT2D eigenvalue weighted by Crippen LogP contribution is -2.38. The summed E-state index contributed by atoms with van der Waals surface area (Å²) >= 11 is 0. The summed E-state index contributed by atoms with van der Waals surface area (Å²) < 4.78 is 9.50. The van der Waals surface area contributed by atoms with Gasteiger partial charge in [-0.15, -0.1) is 0 Å². The fourth-order valence-corrected chi connectivity index (χ4v) is 4.52. The first-order valence-electron chi connectivity index (χ1n) is 12.4. The molecule has 1 amide bonds. The molecule has 1 aliphatic rings. The first-order valence-corrected chi connectivity index (χ1v) is 12.4. The molecule has 8 nitrogen and oxygen atoms in total. The van der Waals surface area contributed by atoms with E-state index in [9.17, 15) is 19.1 Å². The molecule has 0 radical (unpaired) electrons. The number of halogens is 1. The van der Waals surface area contributed by atoms with Gasteiger partial charge in [-0.3, -0.25) is 24.4 Å². The van der Waals surface area contributed by atoms with Crippen LogP contribution >= 0.6 is 0 Å². The van der Waals surface area contributed by atoms with E-state index < -0.39 is 11.9 Å². The van der Waals surface area contributed by atoms with Crippen molar-refractivity contribution in [3.63, 3.8) is 0 Å². The molecule has 1 unspecified atom stereocenters. The Labute approximate surface area is 225 Å². The maximum atomic E-state index is 12.3. The van der Waals surface area contributed by atoms with Crippen molar-refractivity contribution in [3.05, 3.63) is 89.7 Å². The Bertz CT molecular complexity index is 1530. The van der Waals surface area contributed by atoms with Gasteiger partial charge in [0.15, 0.2) is 0 Å². The van der Waals surface area contributed by atoms with Gasteiger partial charge >= 0.3 is 5.97 Å². The highest BCUT2D eigenvalue weighted by Crippen LogP contribution is 2.25. The Morgan fingerprint density at radius 3 is 2.36 bits per heavy atom. The van der Waals surface area contributed by atoms with Crippen molar-refractivity contribution in [3.8, 4) is 23.1 Å². The molecular formula is C30H28FN5O3. The van der Waals surface area contributed by atoms with E-state index >= 15 is 0 Å². The third-order valence-corrected chi connectivity index (χ3v) is 6.52. The number of carboxylic acids is 1. The molecule has 4 aromatic rings. The van der Waals surface area contributed by atoms with E-state index in [1.165, 1.54) is 0 Å². The topological polar surface area (TPSA) is 121 Å². The van der Waals surface area contributed by atoms with Gasteiger partial charge in [-0.1, -0.05) is 24.0 Å². The number of benzene rings is 2. The first kappa shape index (κ1) is 27.2. The Hall–Kier alpha value is -4.81. The molecule has 4 N–H and O–H groups in total. The minimum absolute atomic E-state index is 0.317. The van der Waals surface area contributed by atoms with Crippen molar-refractivity contribution >= 4 is 28.5 Å². The van der Waals surface area contributed by atoms with E-state index in [-0.39, 0.29) is 5.92 Å². The van der Waals surface area contributed by atoms with Crippen molar-refractivity contribution < 1.29 is 19.1 Å². The molecule has 1 saturated heterocycles. The highest BCUT2D eigenvalue weighted by Gasteiger charge is 2.25. The highest BCUT2D eigenvalue weighted by atomic mass is 19.1. The molecule has 39 heavy (non-hydrogen) atoms. The molecule has 1 fully saturated rings. The quantitative estimate of drug-likeness (QED) is 0.158. The van der Waals surface area contributed by atoms with Crippen molar-refractivity contribution in [2.75, 3.05) is 25.2 Å². The average molecular weight is 526 g/mol. The van der Waals surface area contributed by atoms with Gasteiger partial charge in [0, 0.05) is 53.2 Å². The van der Waals surface area contributed by atoms with Crippen molar-refractivity contribution in [2.45, 2.75) is 12.8 Å². The van der Waals surface area contributed by atoms with E-state index in [0.29, 0.717) is 35.9 Å². The predicted molar refractivity (Wildman–Crippen MR) is 149 cm³/mol.